The lowest BCUT2D eigenvalue weighted by molar-refractivity contribution is -0.163. The summed E-state index contributed by atoms with van der Waals surface area (Å²) < 4.78 is 4.24. The van der Waals surface area contributed by atoms with Crippen LogP contribution in [0.3, 0.4) is 0 Å². The Morgan fingerprint density at radius 1 is 1.11 bits per heavy atom. The molecular weight excluding hydrogens is 240 g/mol. The summed E-state index contributed by atoms with van der Waals surface area (Å²) in [5.74, 6) is -3.67. The molecule has 0 radical (unpaired) electrons. The number of carboxylic acids is 1. The number of hydrogen-bond donors (Lipinski definition) is 2. The predicted octanol–water partition coefficient (Wildman–Crippen LogP) is 0.431. The van der Waals surface area contributed by atoms with E-state index in [1.165, 1.54) is 12.1 Å². The van der Waals surface area contributed by atoms with Gasteiger partial charge < -0.3 is 14.9 Å². The number of hydrogen-bond acceptors (Lipinski definition) is 5. The first kappa shape index (κ1) is 13.6. The highest BCUT2D eigenvalue weighted by molar-refractivity contribution is 5.97. The second kappa shape index (κ2) is 6.31. The quantitative estimate of drug-likeness (QED) is 0.456. The van der Waals surface area contributed by atoms with Gasteiger partial charge in [-0.1, -0.05) is 30.3 Å². The first-order chi connectivity index (χ1) is 8.50. The number of aliphatic carboxylic acids is 1. The van der Waals surface area contributed by atoms with E-state index in [4.69, 9.17) is 5.11 Å². The maximum absolute atomic E-state index is 11.3. The van der Waals surface area contributed by atoms with Crippen molar-refractivity contribution in [3.05, 3.63) is 48.0 Å². The molecule has 0 aliphatic heterocycles. The highest BCUT2D eigenvalue weighted by Gasteiger charge is 2.20. The van der Waals surface area contributed by atoms with Crippen LogP contribution in [0.15, 0.2) is 42.5 Å². The van der Waals surface area contributed by atoms with Gasteiger partial charge in [-0.25, -0.2) is 14.4 Å². The smallest absolute Gasteiger partial charge is 0.347 e. The molecular formula is C12H10O6. The lowest BCUT2D eigenvalue weighted by Gasteiger charge is -2.08. The van der Waals surface area contributed by atoms with Gasteiger partial charge in [0.15, 0.2) is 6.10 Å². The fourth-order valence-corrected chi connectivity index (χ4v) is 1.10. The lowest BCUT2D eigenvalue weighted by Crippen LogP contribution is -2.18. The Morgan fingerprint density at radius 2 is 1.72 bits per heavy atom. The fourth-order valence-electron chi connectivity index (χ4n) is 1.10. The van der Waals surface area contributed by atoms with Gasteiger partial charge in [0, 0.05) is 12.2 Å². The van der Waals surface area contributed by atoms with Crippen molar-refractivity contribution in [3.63, 3.8) is 0 Å². The van der Waals surface area contributed by atoms with Crippen LogP contribution in [-0.2, 0) is 19.1 Å². The van der Waals surface area contributed by atoms with Crippen molar-refractivity contribution in [3.8, 4) is 0 Å². The second-order valence-corrected chi connectivity index (χ2v) is 3.22. The summed E-state index contributed by atoms with van der Waals surface area (Å²) in [5, 5.41) is 17.8. The Morgan fingerprint density at radius 3 is 2.28 bits per heavy atom. The van der Waals surface area contributed by atoms with E-state index in [9.17, 15) is 19.5 Å². The minimum Gasteiger partial charge on any atom is -0.478 e. The number of aliphatic hydroxyl groups excluding tert-OH is 1. The molecule has 1 aromatic carbocycles. The second-order valence-electron chi connectivity index (χ2n) is 3.22. The van der Waals surface area contributed by atoms with Crippen LogP contribution in [0.4, 0.5) is 0 Å². The van der Waals surface area contributed by atoms with Crippen LogP contribution in [0.5, 0.6) is 0 Å². The van der Waals surface area contributed by atoms with E-state index in [0.717, 1.165) is 0 Å². The maximum Gasteiger partial charge on any atom is 0.347 e. The van der Waals surface area contributed by atoms with Gasteiger partial charge in [0.1, 0.15) is 0 Å². The number of esters is 2. The molecule has 1 rings (SSSR count). The summed E-state index contributed by atoms with van der Waals surface area (Å²) in [6.45, 7) is 0. The number of ether oxygens (including phenoxy) is 1. The maximum atomic E-state index is 11.3. The van der Waals surface area contributed by atoms with Gasteiger partial charge in [-0.3, -0.25) is 0 Å². The average molecular weight is 250 g/mol. The van der Waals surface area contributed by atoms with Crippen molar-refractivity contribution in [1.29, 1.82) is 0 Å². The van der Waals surface area contributed by atoms with E-state index in [0.29, 0.717) is 12.2 Å². The molecule has 1 aromatic rings. The van der Waals surface area contributed by atoms with Crippen LogP contribution in [0, 0.1) is 0 Å². The topological polar surface area (TPSA) is 101 Å². The third-order valence-corrected chi connectivity index (χ3v) is 1.90. The summed E-state index contributed by atoms with van der Waals surface area (Å²) in [5.41, 5.74) is 0.275. The predicted molar refractivity (Wildman–Crippen MR) is 59.3 cm³/mol. The first-order valence-electron chi connectivity index (χ1n) is 4.90. The molecule has 0 heterocycles. The average Bonchev–Trinajstić information content (AvgIpc) is 2.36. The number of carbonyl (C=O) groups is 3. The minimum atomic E-state index is -1.59. The molecule has 6 nitrogen and oxygen atoms in total. The van der Waals surface area contributed by atoms with Gasteiger partial charge in [-0.05, 0) is 5.56 Å². The molecule has 0 saturated carbocycles. The highest BCUT2D eigenvalue weighted by atomic mass is 16.6. The number of carboxylic acid groups (broad SMARTS) is 1. The monoisotopic (exact) mass is 250 g/mol. The van der Waals surface area contributed by atoms with Gasteiger partial charge in [0.25, 0.3) is 0 Å². The zero-order valence-electron chi connectivity index (χ0n) is 9.15. The molecule has 1 atom stereocenters. The van der Waals surface area contributed by atoms with Crippen LogP contribution in [0.1, 0.15) is 11.7 Å². The molecule has 0 saturated heterocycles. The first-order valence-corrected chi connectivity index (χ1v) is 4.90. The SMILES string of the molecule is O=C(O)/C=C\C(=O)OC(=O)[C@H](O)c1ccccc1. The Kier molecular flexibility index (Phi) is 4.77. The molecule has 0 spiro atoms. The molecule has 0 fully saturated rings. The molecule has 18 heavy (non-hydrogen) atoms. The molecule has 0 bridgehead atoms. The third-order valence-electron chi connectivity index (χ3n) is 1.90. The molecule has 0 amide bonds. The molecule has 0 aromatic heterocycles. The van der Waals surface area contributed by atoms with E-state index in [1.807, 2.05) is 0 Å². The zero-order valence-corrected chi connectivity index (χ0v) is 9.15. The van der Waals surface area contributed by atoms with E-state index < -0.39 is 24.0 Å². The standard InChI is InChI=1S/C12H10O6/c13-9(14)6-7-10(15)18-12(17)11(16)8-4-2-1-3-5-8/h1-7,11,16H,(H,13,14)/b7-6-/t11-/m1/s1. The van der Waals surface area contributed by atoms with Gasteiger partial charge >= 0.3 is 17.9 Å². The van der Waals surface area contributed by atoms with E-state index in [1.54, 1.807) is 18.2 Å². The van der Waals surface area contributed by atoms with Crippen molar-refractivity contribution in [1.82, 2.24) is 0 Å². The normalized spacial score (nSPS) is 12.1. The van der Waals surface area contributed by atoms with Gasteiger partial charge in [-0.2, -0.15) is 0 Å². The highest BCUT2D eigenvalue weighted by Crippen LogP contribution is 2.13. The Labute approximate surface area is 102 Å². The number of carbonyl (C=O) groups excluding carboxylic acids is 2. The Balaban J connectivity index is 2.61. The van der Waals surface area contributed by atoms with Crippen molar-refractivity contribution in [2.75, 3.05) is 0 Å². The molecule has 94 valence electrons. The lowest BCUT2D eigenvalue weighted by atomic mass is 10.1. The van der Waals surface area contributed by atoms with Crippen LogP contribution >= 0.6 is 0 Å². The van der Waals surface area contributed by atoms with Crippen LogP contribution in [-0.4, -0.2) is 28.1 Å². The largest absolute Gasteiger partial charge is 0.478 e. The molecule has 6 heteroatoms. The summed E-state index contributed by atoms with van der Waals surface area (Å²) in [4.78, 5) is 32.4. The van der Waals surface area contributed by atoms with Crippen molar-refractivity contribution in [2.24, 2.45) is 0 Å². The van der Waals surface area contributed by atoms with E-state index in [-0.39, 0.29) is 5.56 Å². The van der Waals surface area contributed by atoms with Crippen molar-refractivity contribution < 1.29 is 29.3 Å². The Hall–Kier alpha value is -2.47. The molecule has 0 aliphatic carbocycles. The molecule has 0 unspecified atom stereocenters. The van der Waals surface area contributed by atoms with Gasteiger partial charge in [0.05, 0.1) is 0 Å². The van der Waals surface area contributed by atoms with E-state index in [2.05, 4.69) is 4.74 Å². The molecule has 0 aliphatic rings. The summed E-state index contributed by atoms with van der Waals surface area (Å²) in [6.07, 6.45) is -0.476. The van der Waals surface area contributed by atoms with Crippen LogP contribution in [0.25, 0.3) is 0 Å². The number of rotatable bonds is 4. The van der Waals surface area contributed by atoms with Gasteiger partial charge in [0.2, 0.25) is 0 Å². The number of aliphatic hydroxyl groups is 1. The minimum absolute atomic E-state index is 0.275. The fraction of sp³-hybridized carbons (Fsp3) is 0.0833. The number of benzene rings is 1. The van der Waals surface area contributed by atoms with Crippen molar-refractivity contribution >= 4 is 17.9 Å². The summed E-state index contributed by atoms with van der Waals surface area (Å²) >= 11 is 0. The summed E-state index contributed by atoms with van der Waals surface area (Å²) in [6, 6.07) is 7.89. The van der Waals surface area contributed by atoms with Gasteiger partial charge in [-0.15, -0.1) is 0 Å². The molecule has 2 N–H and O–H groups in total. The van der Waals surface area contributed by atoms with Crippen LogP contribution in [0.2, 0.25) is 0 Å². The van der Waals surface area contributed by atoms with E-state index >= 15 is 0 Å². The zero-order chi connectivity index (χ0) is 13.5. The third kappa shape index (κ3) is 4.18. The summed E-state index contributed by atoms with van der Waals surface area (Å²) in [7, 11) is 0. The Bertz CT molecular complexity index is 477. The van der Waals surface area contributed by atoms with Crippen molar-refractivity contribution in [2.45, 2.75) is 6.10 Å². The van der Waals surface area contributed by atoms with Crippen LogP contribution < -0.4 is 0 Å².